The first kappa shape index (κ1) is 19.6. The minimum atomic E-state index is -3.63. The van der Waals surface area contributed by atoms with E-state index in [1.54, 1.807) is 25.5 Å². The van der Waals surface area contributed by atoms with Crippen molar-refractivity contribution in [3.8, 4) is 0 Å². The van der Waals surface area contributed by atoms with E-state index in [-0.39, 0.29) is 16.5 Å². The summed E-state index contributed by atoms with van der Waals surface area (Å²) in [5.41, 5.74) is 1.65. The van der Waals surface area contributed by atoms with Crippen LogP contribution in [0.3, 0.4) is 0 Å². The first-order valence-corrected chi connectivity index (χ1v) is 10.6. The van der Waals surface area contributed by atoms with Crippen LogP contribution in [-0.4, -0.2) is 47.3 Å². The molecule has 0 amide bonds. The van der Waals surface area contributed by atoms with E-state index >= 15 is 0 Å². The zero-order valence-corrected chi connectivity index (χ0v) is 16.9. The molecule has 0 spiro atoms. The summed E-state index contributed by atoms with van der Waals surface area (Å²) in [5, 5.41) is 4.30. The number of hydrogen-bond donors (Lipinski definition) is 2. The van der Waals surface area contributed by atoms with Crippen LogP contribution in [0.5, 0.6) is 0 Å². The number of H-pyrrole nitrogens is 1. The number of rotatable bonds is 5. The van der Waals surface area contributed by atoms with Gasteiger partial charge in [0.05, 0.1) is 11.4 Å². The highest BCUT2D eigenvalue weighted by atomic mass is 32.2. The van der Waals surface area contributed by atoms with Crippen molar-refractivity contribution in [1.82, 2.24) is 24.5 Å². The number of hydrogen-bond acceptors (Lipinski definition) is 6. The first-order chi connectivity index (χ1) is 12.7. The number of aromatic amines is 1. The number of nitrogens with zero attached hydrogens (tertiary/aromatic N) is 4. The highest BCUT2D eigenvalue weighted by Gasteiger charge is 2.29. The van der Waals surface area contributed by atoms with Crippen LogP contribution >= 0.6 is 0 Å². The molecule has 0 radical (unpaired) electrons. The molecule has 27 heavy (non-hydrogen) atoms. The zero-order chi connectivity index (χ0) is 19.8. The van der Waals surface area contributed by atoms with Crippen LogP contribution < -0.4 is 15.2 Å². The molecule has 1 aliphatic heterocycles. The SMILES string of the molecule is CCn1nc(C)c(S(=O)(=O)NC2CCN(c3nc(C)cc(=O)[nH]3)CC2)c1C. The third-order valence-electron chi connectivity index (χ3n) is 4.86. The van der Waals surface area contributed by atoms with Crippen LogP contribution in [0.4, 0.5) is 5.95 Å². The molecule has 0 atom stereocenters. The molecule has 3 rings (SSSR count). The molecular weight excluding hydrogens is 368 g/mol. The van der Waals surface area contributed by atoms with Gasteiger partial charge < -0.3 is 4.90 Å². The number of aryl methyl sites for hydroxylation is 3. The molecule has 0 aliphatic carbocycles. The highest BCUT2D eigenvalue weighted by molar-refractivity contribution is 7.89. The van der Waals surface area contributed by atoms with Gasteiger partial charge in [0, 0.05) is 37.4 Å². The summed E-state index contributed by atoms with van der Waals surface area (Å²) in [6, 6.07) is 1.29. The van der Waals surface area contributed by atoms with Crippen LogP contribution in [0, 0.1) is 20.8 Å². The molecule has 1 aliphatic rings. The molecule has 2 N–H and O–H groups in total. The monoisotopic (exact) mass is 394 g/mol. The Morgan fingerprint density at radius 1 is 1.26 bits per heavy atom. The summed E-state index contributed by atoms with van der Waals surface area (Å²) in [4.78, 5) is 21.0. The van der Waals surface area contributed by atoms with Crippen molar-refractivity contribution < 1.29 is 8.42 Å². The van der Waals surface area contributed by atoms with Gasteiger partial charge in [-0.25, -0.2) is 18.1 Å². The van der Waals surface area contributed by atoms with Gasteiger partial charge in [-0.15, -0.1) is 0 Å². The van der Waals surface area contributed by atoms with Gasteiger partial charge in [-0.05, 0) is 40.5 Å². The largest absolute Gasteiger partial charge is 0.342 e. The van der Waals surface area contributed by atoms with Crippen molar-refractivity contribution in [2.75, 3.05) is 18.0 Å². The lowest BCUT2D eigenvalue weighted by Crippen LogP contribution is -2.45. The summed E-state index contributed by atoms with van der Waals surface area (Å²) < 4.78 is 30.3. The van der Waals surface area contributed by atoms with E-state index in [2.05, 4.69) is 19.8 Å². The Bertz CT molecular complexity index is 987. The lowest BCUT2D eigenvalue weighted by atomic mass is 10.1. The molecule has 0 unspecified atom stereocenters. The second-order valence-corrected chi connectivity index (χ2v) is 8.56. The topological polar surface area (TPSA) is 113 Å². The second kappa shape index (κ2) is 7.43. The van der Waals surface area contributed by atoms with E-state index in [0.717, 1.165) is 0 Å². The van der Waals surface area contributed by atoms with E-state index in [1.807, 2.05) is 11.8 Å². The Hall–Kier alpha value is -2.20. The first-order valence-electron chi connectivity index (χ1n) is 9.10. The Balaban J connectivity index is 1.70. The average Bonchev–Trinajstić information content (AvgIpc) is 2.88. The standard InChI is InChI=1S/C17H26N6O3S/c1-5-23-13(4)16(12(3)20-23)27(25,26)21-14-6-8-22(9-7-14)17-18-11(2)10-15(24)19-17/h10,14,21H,5-9H2,1-4H3,(H,18,19,24). The van der Waals surface area contributed by atoms with Gasteiger partial charge in [0.1, 0.15) is 4.90 Å². The molecule has 1 saturated heterocycles. The van der Waals surface area contributed by atoms with E-state index in [1.165, 1.54) is 6.07 Å². The van der Waals surface area contributed by atoms with Crippen LogP contribution in [0.2, 0.25) is 0 Å². The van der Waals surface area contributed by atoms with E-state index in [0.29, 0.717) is 55.5 Å². The second-order valence-electron chi connectivity index (χ2n) is 6.91. The third-order valence-corrected chi connectivity index (χ3v) is 6.63. The summed E-state index contributed by atoms with van der Waals surface area (Å²) in [5.74, 6) is 0.539. The maximum Gasteiger partial charge on any atom is 0.252 e. The van der Waals surface area contributed by atoms with Crippen LogP contribution in [-0.2, 0) is 16.6 Å². The molecule has 0 bridgehead atoms. The van der Waals surface area contributed by atoms with Crippen molar-refractivity contribution >= 4 is 16.0 Å². The molecule has 10 heteroatoms. The highest BCUT2D eigenvalue weighted by Crippen LogP contribution is 2.22. The van der Waals surface area contributed by atoms with Gasteiger partial charge in [0.25, 0.3) is 5.56 Å². The fraction of sp³-hybridized carbons (Fsp3) is 0.588. The lowest BCUT2D eigenvalue weighted by molar-refractivity contribution is 0.455. The number of piperidine rings is 1. The molecule has 3 heterocycles. The van der Waals surface area contributed by atoms with Gasteiger partial charge in [0.2, 0.25) is 16.0 Å². The third kappa shape index (κ3) is 4.06. The Morgan fingerprint density at radius 2 is 1.93 bits per heavy atom. The summed E-state index contributed by atoms with van der Waals surface area (Å²) in [6.45, 7) is 9.07. The molecular formula is C17H26N6O3S. The van der Waals surface area contributed by atoms with Gasteiger partial charge in [-0.3, -0.25) is 14.5 Å². The maximum absolute atomic E-state index is 12.9. The molecule has 0 aromatic carbocycles. The van der Waals surface area contributed by atoms with Crippen LogP contribution in [0.25, 0.3) is 0 Å². The van der Waals surface area contributed by atoms with Crippen LogP contribution in [0.1, 0.15) is 36.8 Å². The Kier molecular flexibility index (Phi) is 5.38. The molecule has 9 nitrogen and oxygen atoms in total. The van der Waals surface area contributed by atoms with Gasteiger partial charge in [0.15, 0.2) is 0 Å². The van der Waals surface area contributed by atoms with E-state index in [9.17, 15) is 13.2 Å². The number of sulfonamides is 1. The molecule has 2 aromatic heterocycles. The number of anilines is 1. The maximum atomic E-state index is 12.9. The predicted octanol–water partition coefficient (Wildman–Crippen LogP) is 0.859. The Labute approximate surface area is 158 Å². The Morgan fingerprint density at radius 3 is 2.48 bits per heavy atom. The van der Waals surface area contributed by atoms with Crippen molar-refractivity contribution in [2.45, 2.75) is 58.0 Å². The normalized spacial score (nSPS) is 16.1. The predicted molar refractivity (Wildman–Crippen MR) is 103 cm³/mol. The zero-order valence-electron chi connectivity index (χ0n) is 16.1. The minimum Gasteiger partial charge on any atom is -0.342 e. The van der Waals surface area contributed by atoms with Gasteiger partial charge >= 0.3 is 0 Å². The molecule has 2 aromatic rings. The summed E-state index contributed by atoms with van der Waals surface area (Å²) in [6.07, 6.45) is 1.27. The van der Waals surface area contributed by atoms with Crippen LogP contribution in [0.15, 0.2) is 15.8 Å². The van der Waals surface area contributed by atoms with Gasteiger partial charge in [-0.1, -0.05) is 0 Å². The molecule has 148 valence electrons. The van der Waals surface area contributed by atoms with Crippen molar-refractivity contribution in [3.63, 3.8) is 0 Å². The fourth-order valence-corrected chi connectivity index (χ4v) is 5.29. The van der Waals surface area contributed by atoms with Crippen molar-refractivity contribution in [1.29, 1.82) is 0 Å². The summed E-state index contributed by atoms with van der Waals surface area (Å²) in [7, 11) is -3.63. The lowest BCUT2D eigenvalue weighted by Gasteiger charge is -2.32. The van der Waals surface area contributed by atoms with Crippen molar-refractivity contribution in [3.05, 3.63) is 33.5 Å². The summed E-state index contributed by atoms with van der Waals surface area (Å²) >= 11 is 0. The number of aromatic nitrogens is 4. The van der Waals surface area contributed by atoms with E-state index < -0.39 is 10.0 Å². The molecule has 0 saturated carbocycles. The minimum absolute atomic E-state index is 0.161. The van der Waals surface area contributed by atoms with Crippen molar-refractivity contribution in [2.24, 2.45) is 0 Å². The molecule has 1 fully saturated rings. The van der Waals surface area contributed by atoms with E-state index in [4.69, 9.17) is 0 Å². The average molecular weight is 395 g/mol. The van der Waals surface area contributed by atoms with Gasteiger partial charge in [-0.2, -0.15) is 5.10 Å². The number of nitrogens with one attached hydrogen (secondary N) is 2. The quantitative estimate of drug-likeness (QED) is 0.778. The smallest absolute Gasteiger partial charge is 0.252 e. The fourth-order valence-electron chi connectivity index (χ4n) is 3.58.